The molecule has 1 aromatic heterocycles. The van der Waals surface area contributed by atoms with Crippen molar-refractivity contribution in [1.29, 1.82) is 0 Å². The van der Waals surface area contributed by atoms with Gasteiger partial charge in [-0.15, -0.1) is 10.2 Å². The summed E-state index contributed by atoms with van der Waals surface area (Å²) in [5.74, 6) is 0.674. The molecule has 4 aromatic rings. The minimum Gasteiger partial charge on any atom is -0.378 e. The van der Waals surface area contributed by atoms with Crippen LogP contribution in [0.4, 0.5) is 5.69 Å². The van der Waals surface area contributed by atoms with Crippen molar-refractivity contribution < 1.29 is 4.79 Å². The molecule has 0 atom stereocenters. The summed E-state index contributed by atoms with van der Waals surface area (Å²) in [7, 11) is 3.98. The summed E-state index contributed by atoms with van der Waals surface area (Å²) in [5.41, 5.74) is 7.66. The minimum atomic E-state index is -0.217. The summed E-state index contributed by atoms with van der Waals surface area (Å²) in [6.45, 7) is 2.05. The Morgan fingerprint density at radius 2 is 1.71 bits per heavy atom. The van der Waals surface area contributed by atoms with Gasteiger partial charge < -0.3 is 4.90 Å². The number of carbonyl (C=O) groups excluding carboxylic acids is 1. The molecule has 0 bridgehead atoms. The second-order valence-electron chi connectivity index (χ2n) is 7.91. The Kier molecular flexibility index (Phi) is 7.39. The SMILES string of the molecule is Cc1ccc(-n2c(SCC(=O)N/N=C\c3ccc(N(C)C)cc3)nnc2-c2ccccc2)cc1. The van der Waals surface area contributed by atoms with E-state index in [1.165, 1.54) is 17.3 Å². The van der Waals surface area contributed by atoms with E-state index in [1.807, 2.05) is 109 Å². The van der Waals surface area contributed by atoms with Gasteiger partial charge in [0, 0.05) is 31.0 Å². The third-order valence-electron chi connectivity index (χ3n) is 5.10. The zero-order chi connectivity index (χ0) is 23.9. The second kappa shape index (κ2) is 10.8. The van der Waals surface area contributed by atoms with Crippen LogP contribution >= 0.6 is 11.8 Å². The molecule has 0 aliphatic rings. The van der Waals surface area contributed by atoms with Crippen molar-refractivity contribution in [2.45, 2.75) is 12.1 Å². The molecule has 0 unspecified atom stereocenters. The highest BCUT2D eigenvalue weighted by atomic mass is 32.2. The first-order valence-corrected chi connectivity index (χ1v) is 11.8. The zero-order valence-corrected chi connectivity index (χ0v) is 20.2. The summed E-state index contributed by atoms with van der Waals surface area (Å²) >= 11 is 1.32. The molecule has 8 heteroatoms. The van der Waals surface area contributed by atoms with E-state index in [2.05, 4.69) is 20.7 Å². The van der Waals surface area contributed by atoms with Crippen LogP contribution in [-0.4, -0.2) is 46.7 Å². The number of nitrogens with zero attached hydrogens (tertiary/aromatic N) is 5. The number of aryl methyl sites for hydroxylation is 1. The topological polar surface area (TPSA) is 75.4 Å². The van der Waals surface area contributed by atoms with Crippen LogP contribution in [0.2, 0.25) is 0 Å². The summed E-state index contributed by atoms with van der Waals surface area (Å²) in [4.78, 5) is 14.4. The van der Waals surface area contributed by atoms with Crippen molar-refractivity contribution in [3.63, 3.8) is 0 Å². The van der Waals surface area contributed by atoms with Crippen molar-refractivity contribution in [3.05, 3.63) is 90.0 Å². The lowest BCUT2D eigenvalue weighted by molar-refractivity contribution is -0.118. The predicted molar refractivity (Wildman–Crippen MR) is 139 cm³/mol. The Balaban J connectivity index is 1.45. The molecule has 1 amide bonds. The van der Waals surface area contributed by atoms with E-state index in [9.17, 15) is 4.79 Å². The minimum absolute atomic E-state index is 0.162. The third kappa shape index (κ3) is 5.71. The Bertz CT molecular complexity index is 1270. The Hall–Kier alpha value is -3.91. The largest absolute Gasteiger partial charge is 0.378 e. The van der Waals surface area contributed by atoms with Crippen molar-refractivity contribution in [2.24, 2.45) is 5.10 Å². The number of hydrazone groups is 1. The molecule has 3 aromatic carbocycles. The average Bonchev–Trinajstić information content (AvgIpc) is 3.28. The van der Waals surface area contributed by atoms with Gasteiger partial charge in [-0.1, -0.05) is 71.9 Å². The number of hydrogen-bond donors (Lipinski definition) is 1. The lowest BCUT2D eigenvalue weighted by atomic mass is 10.2. The monoisotopic (exact) mass is 470 g/mol. The lowest BCUT2D eigenvalue weighted by Crippen LogP contribution is -2.20. The molecule has 0 fully saturated rings. The predicted octanol–water partition coefficient (Wildman–Crippen LogP) is 4.55. The van der Waals surface area contributed by atoms with Crippen molar-refractivity contribution in [2.75, 3.05) is 24.7 Å². The fourth-order valence-corrected chi connectivity index (χ4v) is 4.01. The van der Waals surface area contributed by atoms with Crippen molar-refractivity contribution >= 4 is 29.6 Å². The molecule has 0 radical (unpaired) electrons. The first-order chi connectivity index (χ1) is 16.5. The van der Waals surface area contributed by atoms with Gasteiger partial charge in [0.1, 0.15) is 0 Å². The zero-order valence-electron chi connectivity index (χ0n) is 19.3. The maximum atomic E-state index is 12.4. The van der Waals surface area contributed by atoms with Crippen LogP contribution < -0.4 is 10.3 Å². The number of nitrogens with one attached hydrogen (secondary N) is 1. The van der Waals surface area contributed by atoms with Gasteiger partial charge in [-0.25, -0.2) is 5.43 Å². The van der Waals surface area contributed by atoms with Crippen LogP contribution in [0.25, 0.3) is 17.1 Å². The van der Waals surface area contributed by atoms with E-state index in [-0.39, 0.29) is 11.7 Å². The number of hydrogen-bond acceptors (Lipinski definition) is 6. The van der Waals surface area contributed by atoms with Crippen LogP contribution in [0.1, 0.15) is 11.1 Å². The number of thioether (sulfide) groups is 1. The van der Waals surface area contributed by atoms with E-state index in [0.29, 0.717) is 5.16 Å². The van der Waals surface area contributed by atoms with Crippen LogP contribution in [0.15, 0.2) is 89.1 Å². The number of amides is 1. The molecule has 0 aliphatic heterocycles. The van der Waals surface area contributed by atoms with Gasteiger partial charge in [-0.2, -0.15) is 5.10 Å². The average molecular weight is 471 g/mol. The van der Waals surface area contributed by atoms with E-state index >= 15 is 0 Å². The number of benzene rings is 3. The molecule has 7 nitrogen and oxygen atoms in total. The van der Waals surface area contributed by atoms with Crippen LogP contribution in [0, 0.1) is 6.92 Å². The van der Waals surface area contributed by atoms with Crippen LogP contribution in [0.5, 0.6) is 0 Å². The molecule has 1 N–H and O–H groups in total. The normalized spacial score (nSPS) is 11.0. The molecule has 172 valence electrons. The fourth-order valence-electron chi connectivity index (χ4n) is 3.26. The first-order valence-electron chi connectivity index (χ1n) is 10.8. The highest BCUT2D eigenvalue weighted by Gasteiger charge is 2.17. The van der Waals surface area contributed by atoms with E-state index in [1.54, 1.807) is 6.21 Å². The summed E-state index contributed by atoms with van der Waals surface area (Å²) in [6, 6.07) is 26.0. The Morgan fingerprint density at radius 1 is 1.00 bits per heavy atom. The number of anilines is 1. The van der Waals surface area contributed by atoms with E-state index < -0.39 is 0 Å². The maximum absolute atomic E-state index is 12.4. The van der Waals surface area contributed by atoms with Gasteiger partial charge in [-0.05, 0) is 36.8 Å². The molecular formula is C26H26N6OS. The van der Waals surface area contributed by atoms with Gasteiger partial charge in [0.25, 0.3) is 5.91 Å². The molecule has 4 rings (SSSR count). The smallest absolute Gasteiger partial charge is 0.250 e. The molecule has 0 saturated heterocycles. The second-order valence-corrected chi connectivity index (χ2v) is 8.85. The first kappa shape index (κ1) is 23.3. The van der Waals surface area contributed by atoms with E-state index in [0.717, 1.165) is 28.3 Å². The van der Waals surface area contributed by atoms with Gasteiger partial charge in [-0.3, -0.25) is 9.36 Å². The number of carbonyl (C=O) groups is 1. The Morgan fingerprint density at radius 3 is 2.38 bits per heavy atom. The summed E-state index contributed by atoms with van der Waals surface area (Å²) < 4.78 is 1.97. The van der Waals surface area contributed by atoms with E-state index in [4.69, 9.17) is 0 Å². The highest BCUT2D eigenvalue weighted by molar-refractivity contribution is 7.99. The molecular weight excluding hydrogens is 444 g/mol. The molecule has 1 heterocycles. The maximum Gasteiger partial charge on any atom is 0.250 e. The van der Waals surface area contributed by atoms with Crippen LogP contribution in [0.3, 0.4) is 0 Å². The van der Waals surface area contributed by atoms with Gasteiger partial charge >= 0.3 is 0 Å². The highest BCUT2D eigenvalue weighted by Crippen LogP contribution is 2.28. The summed E-state index contributed by atoms with van der Waals surface area (Å²) in [6.07, 6.45) is 1.63. The number of aromatic nitrogens is 3. The van der Waals surface area contributed by atoms with Gasteiger partial charge in [0.15, 0.2) is 11.0 Å². The standard InChI is InChI=1S/C26H26N6OS/c1-19-9-13-23(14-10-19)32-25(21-7-5-4-6-8-21)29-30-26(32)34-18-24(33)28-27-17-20-11-15-22(16-12-20)31(2)3/h4-17H,18H2,1-3H3,(H,28,33)/b27-17-. The van der Waals surface area contributed by atoms with Crippen molar-refractivity contribution in [3.8, 4) is 17.1 Å². The number of rotatable bonds is 8. The van der Waals surface area contributed by atoms with Gasteiger partial charge in [0.05, 0.1) is 12.0 Å². The Labute approximate surface area is 203 Å². The third-order valence-corrected chi connectivity index (χ3v) is 6.03. The van der Waals surface area contributed by atoms with Gasteiger partial charge in [0.2, 0.25) is 0 Å². The van der Waals surface area contributed by atoms with Crippen molar-refractivity contribution in [1.82, 2.24) is 20.2 Å². The van der Waals surface area contributed by atoms with Crippen LogP contribution in [-0.2, 0) is 4.79 Å². The molecule has 0 spiro atoms. The quantitative estimate of drug-likeness (QED) is 0.232. The molecule has 0 saturated carbocycles. The molecule has 34 heavy (non-hydrogen) atoms. The lowest BCUT2D eigenvalue weighted by Gasteiger charge is -2.11. The summed E-state index contributed by atoms with van der Waals surface area (Å²) in [5, 5.41) is 13.5. The fraction of sp³-hybridized carbons (Fsp3) is 0.154. The molecule has 0 aliphatic carbocycles.